The molecule has 1 aromatic rings. The second-order valence-corrected chi connectivity index (χ2v) is 5.09. The maximum atomic E-state index is 9.04. The molecule has 112 valence electrons. The van der Waals surface area contributed by atoms with E-state index in [9.17, 15) is 0 Å². The van der Waals surface area contributed by atoms with E-state index in [1.807, 2.05) is 13.0 Å². The molecule has 2 N–H and O–H groups in total. The van der Waals surface area contributed by atoms with E-state index in [0.717, 1.165) is 63.1 Å². The maximum Gasteiger partial charge on any atom is 0.134 e. The van der Waals surface area contributed by atoms with Crippen LogP contribution in [0.15, 0.2) is 6.07 Å². The van der Waals surface area contributed by atoms with Crippen LogP contribution in [-0.4, -0.2) is 65.8 Å². The van der Waals surface area contributed by atoms with Crippen molar-refractivity contribution in [2.45, 2.75) is 20.3 Å². The number of nitrogens with zero attached hydrogens (tertiary/aromatic N) is 4. The Labute approximate surface area is 120 Å². The number of aryl methyl sites for hydroxylation is 1. The standard InChI is InChI=1S/C14H25N5O/c1-3-15-13-11-14(17-12(2)16-13)19-6-4-5-18(7-8-19)9-10-20/h11,20H,3-10H2,1-2H3,(H,15,16,17). The van der Waals surface area contributed by atoms with Gasteiger partial charge in [0.25, 0.3) is 0 Å². The lowest BCUT2D eigenvalue weighted by Crippen LogP contribution is -2.32. The highest BCUT2D eigenvalue weighted by atomic mass is 16.3. The third kappa shape index (κ3) is 4.05. The number of aromatic nitrogens is 2. The van der Waals surface area contributed by atoms with E-state index in [1.165, 1.54) is 0 Å². The lowest BCUT2D eigenvalue weighted by atomic mass is 10.3. The first-order chi connectivity index (χ1) is 9.72. The predicted molar refractivity (Wildman–Crippen MR) is 81.3 cm³/mol. The van der Waals surface area contributed by atoms with Crippen LogP contribution in [0.2, 0.25) is 0 Å². The third-order valence-corrected chi connectivity index (χ3v) is 3.51. The molecule has 0 spiro atoms. The van der Waals surface area contributed by atoms with Crippen LogP contribution in [0.5, 0.6) is 0 Å². The lowest BCUT2D eigenvalue weighted by Gasteiger charge is -2.23. The lowest BCUT2D eigenvalue weighted by molar-refractivity contribution is 0.204. The van der Waals surface area contributed by atoms with Gasteiger partial charge in [0, 0.05) is 38.8 Å². The van der Waals surface area contributed by atoms with Gasteiger partial charge in [-0.15, -0.1) is 0 Å². The number of hydrogen-bond acceptors (Lipinski definition) is 6. The van der Waals surface area contributed by atoms with E-state index in [-0.39, 0.29) is 6.61 Å². The van der Waals surface area contributed by atoms with Gasteiger partial charge in [-0.1, -0.05) is 0 Å². The number of nitrogens with one attached hydrogen (secondary N) is 1. The largest absolute Gasteiger partial charge is 0.395 e. The fraction of sp³-hybridized carbons (Fsp3) is 0.714. The SMILES string of the molecule is CCNc1cc(N2CCCN(CCO)CC2)nc(C)n1. The molecule has 0 aliphatic carbocycles. The van der Waals surface area contributed by atoms with Crippen molar-refractivity contribution in [3.63, 3.8) is 0 Å². The molecular formula is C14H25N5O. The highest BCUT2D eigenvalue weighted by Crippen LogP contribution is 2.17. The van der Waals surface area contributed by atoms with Gasteiger partial charge in [0.1, 0.15) is 17.5 Å². The van der Waals surface area contributed by atoms with Crippen LogP contribution in [-0.2, 0) is 0 Å². The van der Waals surface area contributed by atoms with Crippen molar-refractivity contribution in [2.75, 3.05) is 56.1 Å². The van der Waals surface area contributed by atoms with E-state index >= 15 is 0 Å². The van der Waals surface area contributed by atoms with Crippen LogP contribution >= 0.6 is 0 Å². The van der Waals surface area contributed by atoms with Crippen LogP contribution in [0, 0.1) is 6.92 Å². The van der Waals surface area contributed by atoms with Crippen LogP contribution in [0.25, 0.3) is 0 Å². The summed E-state index contributed by atoms with van der Waals surface area (Å²) in [7, 11) is 0. The number of hydrogen-bond donors (Lipinski definition) is 2. The molecule has 1 saturated heterocycles. The zero-order chi connectivity index (χ0) is 14.4. The van der Waals surface area contributed by atoms with E-state index in [1.54, 1.807) is 0 Å². The Kier molecular flexibility index (Phi) is 5.55. The summed E-state index contributed by atoms with van der Waals surface area (Å²) in [4.78, 5) is 13.6. The molecule has 0 saturated carbocycles. The van der Waals surface area contributed by atoms with Gasteiger partial charge in [0.05, 0.1) is 6.61 Å². The quantitative estimate of drug-likeness (QED) is 0.828. The van der Waals surface area contributed by atoms with Crippen molar-refractivity contribution in [1.29, 1.82) is 0 Å². The van der Waals surface area contributed by atoms with Gasteiger partial charge in [0.2, 0.25) is 0 Å². The highest BCUT2D eigenvalue weighted by molar-refractivity contribution is 5.49. The first-order valence-corrected chi connectivity index (χ1v) is 7.40. The summed E-state index contributed by atoms with van der Waals surface area (Å²) < 4.78 is 0. The van der Waals surface area contributed by atoms with Gasteiger partial charge in [-0.3, -0.25) is 4.90 Å². The van der Waals surface area contributed by atoms with Gasteiger partial charge in [-0.05, 0) is 26.8 Å². The molecule has 6 heteroatoms. The third-order valence-electron chi connectivity index (χ3n) is 3.51. The van der Waals surface area contributed by atoms with Crippen molar-refractivity contribution in [3.05, 3.63) is 11.9 Å². The molecule has 0 aromatic carbocycles. The summed E-state index contributed by atoms with van der Waals surface area (Å²) in [5.74, 6) is 2.70. The average Bonchev–Trinajstić information content (AvgIpc) is 2.65. The average molecular weight is 279 g/mol. The molecule has 0 atom stereocenters. The Morgan fingerprint density at radius 2 is 2.10 bits per heavy atom. The minimum absolute atomic E-state index is 0.233. The maximum absolute atomic E-state index is 9.04. The second kappa shape index (κ2) is 7.40. The smallest absolute Gasteiger partial charge is 0.134 e. The van der Waals surface area contributed by atoms with Crippen molar-refractivity contribution < 1.29 is 5.11 Å². The van der Waals surface area contributed by atoms with Crippen molar-refractivity contribution in [2.24, 2.45) is 0 Å². The molecule has 0 unspecified atom stereocenters. The summed E-state index contributed by atoms with van der Waals surface area (Å²) in [5, 5.41) is 12.3. The van der Waals surface area contributed by atoms with E-state index in [4.69, 9.17) is 5.11 Å². The number of aliphatic hydroxyl groups is 1. The monoisotopic (exact) mass is 279 g/mol. The van der Waals surface area contributed by atoms with E-state index in [0.29, 0.717) is 0 Å². The summed E-state index contributed by atoms with van der Waals surface area (Å²) in [6.07, 6.45) is 1.10. The Morgan fingerprint density at radius 1 is 1.25 bits per heavy atom. The van der Waals surface area contributed by atoms with E-state index in [2.05, 4.69) is 32.0 Å². The highest BCUT2D eigenvalue weighted by Gasteiger charge is 2.16. The summed E-state index contributed by atoms with van der Waals surface area (Å²) in [5.41, 5.74) is 0. The minimum atomic E-state index is 0.233. The van der Waals surface area contributed by atoms with Gasteiger partial charge < -0.3 is 15.3 Å². The fourth-order valence-electron chi connectivity index (χ4n) is 2.55. The van der Waals surface area contributed by atoms with Gasteiger partial charge >= 0.3 is 0 Å². The minimum Gasteiger partial charge on any atom is -0.395 e. The molecule has 2 rings (SSSR count). The Balaban J connectivity index is 2.07. The zero-order valence-electron chi connectivity index (χ0n) is 12.5. The number of rotatable bonds is 5. The Bertz CT molecular complexity index is 426. The summed E-state index contributed by atoms with van der Waals surface area (Å²) in [6.45, 7) is 9.82. The van der Waals surface area contributed by atoms with Gasteiger partial charge in [-0.2, -0.15) is 0 Å². The molecular weight excluding hydrogens is 254 g/mol. The Morgan fingerprint density at radius 3 is 2.85 bits per heavy atom. The number of aliphatic hydroxyl groups excluding tert-OH is 1. The van der Waals surface area contributed by atoms with Crippen LogP contribution in [0.4, 0.5) is 11.6 Å². The van der Waals surface area contributed by atoms with Crippen LogP contribution in [0.3, 0.4) is 0 Å². The molecule has 0 radical (unpaired) electrons. The summed E-state index contributed by atoms with van der Waals surface area (Å²) in [6, 6.07) is 2.03. The molecule has 6 nitrogen and oxygen atoms in total. The van der Waals surface area contributed by atoms with Crippen molar-refractivity contribution in [3.8, 4) is 0 Å². The predicted octanol–water partition coefficient (Wildman–Crippen LogP) is 0.721. The van der Waals surface area contributed by atoms with Crippen molar-refractivity contribution in [1.82, 2.24) is 14.9 Å². The molecule has 1 aliphatic rings. The number of β-amino-alcohol motifs (C(OH)–C–C–N with tert-alkyl or cyclic N) is 1. The molecule has 1 aromatic heterocycles. The van der Waals surface area contributed by atoms with Gasteiger partial charge in [-0.25, -0.2) is 9.97 Å². The van der Waals surface area contributed by atoms with Crippen molar-refractivity contribution >= 4 is 11.6 Å². The topological polar surface area (TPSA) is 64.5 Å². The fourth-order valence-corrected chi connectivity index (χ4v) is 2.55. The molecule has 0 amide bonds. The molecule has 20 heavy (non-hydrogen) atoms. The zero-order valence-corrected chi connectivity index (χ0v) is 12.5. The van der Waals surface area contributed by atoms with Gasteiger partial charge in [0.15, 0.2) is 0 Å². The number of anilines is 2. The molecule has 1 aliphatic heterocycles. The first kappa shape index (κ1) is 15.0. The molecule has 2 heterocycles. The van der Waals surface area contributed by atoms with Crippen LogP contribution in [0.1, 0.15) is 19.2 Å². The second-order valence-electron chi connectivity index (χ2n) is 5.09. The summed E-state index contributed by atoms with van der Waals surface area (Å²) >= 11 is 0. The molecule has 0 bridgehead atoms. The normalized spacial score (nSPS) is 17.1. The first-order valence-electron chi connectivity index (χ1n) is 7.40. The molecule has 1 fully saturated rings. The Hall–Kier alpha value is -1.40. The van der Waals surface area contributed by atoms with Crippen LogP contribution < -0.4 is 10.2 Å². The van der Waals surface area contributed by atoms with E-state index < -0.39 is 0 Å².